The fraction of sp³-hybridized carbons (Fsp3) is 0.316. The van der Waals surface area contributed by atoms with Crippen LogP contribution >= 0.6 is 0 Å². The third kappa shape index (κ3) is 5.26. The molecule has 1 atom stereocenters. The van der Waals surface area contributed by atoms with E-state index in [1.54, 1.807) is 19.1 Å². The van der Waals surface area contributed by atoms with Gasteiger partial charge in [-0.2, -0.15) is 0 Å². The summed E-state index contributed by atoms with van der Waals surface area (Å²) in [5, 5.41) is 2.90. The third-order valence-electron chi connectivity index (χ3n) is 3.85. The highest BCUT2D eigenvalue weighted by Gasteiger charge is 2.15. The van der Waals surface area contributed by atoms with Gasteiger partial charge in [-0.1, -0.05) is 24.3 Å². The Morgan fingerprint density at radius 2 is 1.96 bits per heavy atom. The first-order valence-electron chi connectivity index (χ1n) is 7.95. The third-order valence-corrected chi connectivity index (χ3v) is 3.85. The average Bonchev–Trinajstić information content (AvgIpc) is 2.57. The SMILES string of the molecule is COc1ccccc1C(C)NC(=O)CN(C)Cc1ccc(F)cc1F. The molecule has 25 heavy (non-hydrogen) atoms. The summed E-state index contributed by atoms with van der Waals surface area (Å²) in [6.07, 6.45) is 0. The molecule has 0 saturated heterocycles. The van der Waals surface area contributed by atoms with Crippen molar-refractivity contribution < 1.29 is 18.3 Å². The van der Waals surface area contributed by atoms with E-state index in [0.29, 0.717) is 11.3 Å². The van der Waals surface area contributed by atoms with Gasteiger partial charge in [0.2, 0.25) is 5.91 Å². The topological polar surface area (TPSA) is 41.6 Å². The molecule has 134 valence electrons. The maximum Gasteiger partial charge on any atom is 0.234 e. The lowest BCUT2D eigenvalue weighted by Gasteiger charge is -2.20. The maximum absolute atomic E-state index is 13.7. The Bertz CT molecular complexity index is 737. The van der Waals surface area contributed by atoms with Crippen LogP contribution in [0.15, 0.2) is 42.5 Å². The quantitative estimate of drug-likeness (QED) is 0.835. The maximum atomic E-state index is 13.7. The normalized spacial score (nSPS) is 12.1. The Morgan fingerprint density at radius 3 is 2.64 bits per heavy atom. The monoisotopic (exact) mass is 348 g/mol. The summed E-state index contributed by atoms with van der Waals surface area (Å²) in [6.45, 7) is 2.17. The van der Waals surface area contributed by atoms with E-state index in [1.165, 1.54) is 12.1 Å². The number of nitrogens with zero attached hydrogens (tertiary/aromatic N) is 1. The Morgan fingerprint density at radius 1 is 1.24 bits per heavy atom. The molecule has 0 aromatic heterocycles. The highest BCUT2D eigenvalue weighted by Crippen LogP contribution is 2.24. The van der Waals surface area contributed by atoms with Crippen molar-refractivity contribution in [3.8, 4) is 5.75 Å². The average molecular weight is 348 g/mol. The van der Waals surface area contributed by atoms with E-state index in [1.807, 2.05) is 31.2 Å². The van der Waals surface area contributed by atoms with E-state index in [-0.39, 0.29) is 25.0 Å². The summed E-state index contributed by atoms with van der Waals surface area (Å²) in [5.41, 5.74) is 1.22. The number of likely N-dealkylation sites (N-methyl/N-ethyl adjacent to an activating group) is 1. The first-order chi connectivity index (χ1) is 11.9. The van der Waals surface area contributed by atoms with Gasteiger partial charge in [-0.25, -0.2) is 8.78 Å². The first-order valence-corrected chi connectivity index (χ1v) is 7.95. The van der Waals surface area contributed by atoms with Crippen LogP contribution in [0.2, 0.25) is 0 Å². The molecule has 0 saturated carbocycles. The summed E-state index contributed by atoms with van der Waals surface area (Å²) < 4.78 is 31.9. The molecule has 1 amide bonds. The van der Waals surface area contributed by atoms with Crippen molar-refractivity contribution in [1.82, 2.24) is 10.2 Å². The first kappa shape index (κ1) is 18.9. The number of methoxy groups -OCH3 is 1. The molecule has 2 aromatic carbocycles. The van der Waals surface area contributed by atoms with Crippen LogP contribution in [0.25, 0.3) is 0 Å². The Labute approximate surface area is 146 Å². The summed E-state index contributed by atoms with van der Waals surface area (Å²) in [6, 6.07) is 10.7. The van der Waals surface area contributed by atoms with Gasteiger partial charge in [-0.15, -0.1) is 0 Å². The van der Waals surface area contributed by atoms with Gasteiger partial charge in [0.15, 0.2) is 0 Å². The number of nitrogens with one attached hydrogen (secondary N) is 1. The van der Waals surface area contributed by atoms with Crippen LogP contribution in [0.3, 0.4) is 0 Å². The summed E-state index contributed by atoms with van der Waals surface area (Å²) >= 11 is 0. The predicted octanol–water partition coefficient (Wildman–Crippen LogP) is 3.28. The van der Waals surface area contributed by atoms with Crippen molar-refractivity contribution in [1.29, 1.82) is 0 Å². The van der Waals surface area contributed by atoms with Crippen molar-refractivity contribution in [2.45, 2.75) is 19.5 Å². The number of para-hydroxylation sites is 1. The standard InChI is InChI=1S/C19H22F2N2O2/c1-13(16-6-4-5-7-18(16)25-3)22-19(24)12-23(2)11-14-8-9-15(20)10-17(14)21/h4-10,13H,11-12H2,1-3H3,(H,22,24). The Kier molecular flexibility index (Phi) is 6.47. The number of ether oxygens (including phenoxy) is 1. The Balaban J connectivity index is 1.92. The zero-order valence-corrected chi connectivity index (χ0v) is 14.6. The number of hydrogen-bond donors (Lipinski definition) is 1. The van der Waals surface area contributed by atoms with Crippen molar-refractivity contribution >= 4 is 5.91 Å². The van der Waals surface area contributed by atoms with Crippen molar-refractivity contribution in [2.24, 2.45) is 0 Å². The smallest absolute Gasteiger partial charge is 0.234 e. The van der Waals surface area contributed by atoms with E-state index in [2.05, 4.69) is 5.32 Å². The molecule has 2 aromatic rings. The van der Waals surface area contributed by atoms with Crippen LogP contribution in [0.5, 0.6) is 5.75 Å². The fourth-order valence-electron chi connectivity index (χ4n) is 2.63. The molecule has 1 unspecified atom stereocenters. The zero-order valence-electron chi connectivity index (χ0n) is 14.6. The number of carbonyl (C=O) groups excluding carboxylic acids is 1. The number of halogens is 2. The zero-order chi connectivity index (χ0) is 18.4. The molecule has 0 aliphatic heterocycles. The number of rotatable bonds is 7. The minimum absolute atomic E-state index is 0.0936. The predicted molar refractivity (Wildman–Crippen MR) is 92.2 cm³/mol. The Hall–Kier alpha value is -2.47. The molecule has 2 rings (SSSR count). The van der Waals surface area contributed by atoms with E-state index in [0.717, 1.165) is 11.6 Å². The van der Waals surface area contributed by atoms with Gasteiger partial charge < -0.3 is 10.1 Å². The molecule has 0 fully saturated rings. The second kappa shape index (κ2) is 8.58. The summed E-state index contributed by atoms with van der Waals surface area (Å²) in [4.78, 5) is 13.9. The van der Waals surface area contributed by atoms with Gasteiger partial charge >= 0.3 is 0 Å². The van der Waals surface area contributed by atoms with Gasteiger partial charge in [-0.05, 0) is 26.1 Å². The minimum atomic E-state index is -0.618. The van der Waals surface area contributed by atoms with Crippen LogP contribution in [-0.4, -0.2) is 31.5 Å². The van der Waals surface area contributed by atoms with E-state index in [4.69, 9.17) is 4.74 Å². The lowest BCUT2D eigenvalue weighted by molar-refractivity contribution is -0.122. The van der Waals surface area contributed by atoms with Crippen molar-refractivity contribution in [2.75, 3.05) is 20.7 Å². The van der Waals surface area contributed by atoms with Crippen LogP contribution < -0.4 is 10.1 Å². The molecule has 0 heterocycles. The van der Waals surface area contributed by atoms with E-state index < -0.39 is 11.6 Å². The molecule has 0 spiro atoms. The molecule has 0 radical (unpaired) electrons. The molecular weight excluding hydrogens is 326 g/mol. The number of hydrogen-bond acceptors (Lipinski definition) is 3. The van der Waals surface area contributed by atoms with Gasteiger partial charge in [0.05, 0.1) is 19.7 Å². The number of carbonyl (C=O) groups is 1. The van der Waals surface area contributed by atoms with Crippen LogP contribution in [0.1, 0.15) is 24.1 Å². The fourth-order valence-corrected chi connectivity index (χ4v) is 2.63. The molecule has 1 N–H and O–H groups in total. The summed E-state index contributed by atoms with van der Waals surface area (Å²) in [7, 11) is 3.29. The lowest BCUT2D eigenvalue weighted by atomic mass is 10.1. The molecule has 0 aliphatic carbocycles. The summed E-state index contributed by atoms with van der Waals surface area (Å²) in [5.74, 6) is -0.720. The van der Waals surface area contributed by atoms with Gasteiger partial charge in [0.25, 0.3) is 0 Å². The molecular formula is C19H22F2N2O2. The second-order valence-electron chi connectivity index (χ2n) is 5.94. The van der Waals surface area contributed by atoms with Crippen LogP contribution in [0, 0.1) is 11.6 Å². The molecule has 0 bridgehead atoms. The van der Waals surface area contributed by atoms with Crippen LogP contribution in [-0.2, 0) is 11.3 Å². The number of amides is 1. The lowest BCUT2D eigenvalue weighted by Crippen LogP contribution is -2.36. The van der Waals surface area contributed by atoms with E-state index >= 15 is 0 Å². The molecule has 4 nitrogen and oxygen atoms in total. The molecule has 6 heteroatoms. The van der Waals surface area contributed by atoms with Crippen LogP contribution in [0.4, 0.5) is 8.78 Å². The second-order valence-corrected chi connectivity index (χ2v) is 5.94. The van der Waals surface area contributed by atoms with Gasteiger partial charge in [0, 0.05) is 23.7 Å². The highest BCUT2D eigenvalue weighted by molar-refractivity contribution is 5.78. The number of benzene rings is 2. The van der Waals surface area contributed by atoms with Crippen molar-refractivity contribution in [3.05, 3.63) is 65.2 Å². The highest BCUT2D eigenvalue weighted by atomic mass is 19.1. The molecule has 0 aliphatic rings. The van der Waals surface area contributed by atoms with E-state index in [9.17, 15) is 13.6 Å². The van der Waals surface area contributed by atoms with Gasteiger partial charge in [-0.3, -0.25) is 9.69 Å². The minimum Gasteiger partial charge on any atom is -0.496 e. The van der Waals surface area contributed by atoms with Crippen molar-refractivity contribution in [3.63, 3.8) is 0 Å². The van der Waals surface area contributed by atoms with Gasteiger partial charge in [0.1, 0.15) is 17.4 Å². The largest absolute Gasteiger partial charge is 0.496 e.